The van der Waals surface area contributed by atoms with Crippen LogP contribution in [0, 0.1) is 5.92 Å². The molecule has 0 saturated heterocycles. The summed E-state index contributed by atoms with van der Waals surface area (Å²) < 4.78 is 6.86. The van der Waals surface area contributed by atoms with Gasteiger partial charge in [0, 0.05) is 6.54 Å². The fourth-order valence-electron chi connectivity index (χ4n) is 1.92. The normalized spacial score (nSPS) is 14.8. The van der Waals surface area contributed by atoms with Crippen LogP contribution in [0.2, 0.25) is 0 Å². The number of hydrogen-bond donors (Lipinski definition) is 1. The third kappa shape index (κ3) is 4.62. The monoisotopic (exact) mass is 311 g/mol. The zero-order valence-corrected chi connectivity index (χ0v) is 12.6. The Hall–Kier alpha value is -0.540. The van der Waals surface area contributed by atoms with E-state index >= 15 is 0 Å². The number of halogens is 1. The highest BCUT2D eigenvalue weighted by atomic mass is 79.9. The van der Waals surface area contributed by atoms with E-state index < -0.39 is 0 Å². The molecule has 2 nitrogen and oxygen atoms in total. The van der Waals surface area contributed by atoms with Crippen LogP contribution in [0.4, 0.5) is 0 Å². The third-order valence-corrected chi connectivity index (χ3v) is 3.85. The van der Waals surface area contributed by atoms with Gasteiger partial charge in [-0.25, -0.2) is 0 Å². The van der Waals surface area contributed by atoms with Gasteiger partial charge in [0.25, 0.3) is 0 Å². The number of benzene rings is 1. The summed E-state index contributed by atoms with van der Waals surface area (Å²) in [7, 11) is 0. The van der Waals surface area contributed by atoms with Gasteiger partial charge >= 0.3 is 0 Å². The SMILES string of the molecule is CCCNCc1ccc(OCCC2CC2)c(Br)c1. The summed E-state index contributed by atoms with van der Waals surface area (Å²) in [4.78, 5) is 0. The van der Waals surface area contributed by atoms with Gasteiger partial charge in [0.15, 0.2) is 0 Å². The summed E-state index contributed by atoms with van der Waals surface area (Å²) in [6, 6.07) is 6.36. The maximum atomic E-state index is 5.80. The second-order valence-electron chi connectivity index (χ2n) is 5.02. The van der Waals surface area contributed by atoms with Crippen molar-refractivity contribution >= 4 is 15.9 Å². The second-order valence-corrected chi connectivity index (χ2v) is 5.88. The molecule has 0 radical (unpaired) electrons. The molecule has 1 aromatic carbocycles. The van der Waals surface area contributed by atoms with Crippen LogP contribution in [-0.4, -0.2) is 13.2 Å². The quantitative estimate of drug-likeness (QED) is 0.729. The molecule has 0 atom stereocenters. The lowest BCUT2D eigenvalue weighted by atomic mass is 10.2. The summed E-state index contributed by atoms with van der Waals surface area (Å²) in [5.41, 5.74) is 1.30. The molecule has 1 fully saturated rings. The molecular weight excluding hydrogens is 290 g/mol. The van der Waals surface area contributed by atoms with Gasteiger partial charge in [-0.05, 0) is 58.9 Å². The van der Waals surface area contributed by atoms with Gasteiger partial charge < -0.3 is 10.1 Å². The van der Waals surface area contributed by atoms with Gasteiger partial charge in [0.1, 0.15) is 5.75 Å². The van der Waals surface area contributed by atoms with Crippen molar-refractivity contribution < 1.29 is 4.74 Å². The highest BCUT2D eigenvalue weighted by Crippen LogP contribution is 2.33. The van der Waals surface area contributed by atoms with Crippen molar-refractivity contribution in [2.45, 2.75) is 39.2 Å². The smallest absolute Gasteiger partial charge is 0.133 e. The zero-order chi connectivity index (χ0) is 12.8. The summed E-state index contributed by atoms with van der Waals surface area (Å²) in [6.45, 7) is 5.02. The van der Waals surface area contributed by atoms with E-state index in [-0.39, 0.29) is 0 Å². The molecule has 1 N–H and O–H groups in total. The molecule has 0 aromatic heterocycles. The third-order valence-electron chi connectivity index (χ3n) is 3.23. The fourth-order valence-corrected chi connectivity index (χ4v) is 2.46. The predicted molar refractivity (Wildman–Crippen MR) is 79.0 cm³/mol. The van der Waals surface area contributed by atoms with Gasteiger partial charge in [-0.2, -0.15) is 0 Å². The van der Waals surface area contributed by atoms with E-state index in [9.17, 15) is 0 Å². The van der Waals surface area contributed by atoms with E-state index in [1.807, 2.05) is 0 Å². The van der Waals surface area contributed by atoms with E-state index in [4.69, 9.17) is 4.74 Å². The minimum absolute atomic E-state index is 0.844. The van der Waals surface area contributed by atoms with Crippen molar-refractivity contribution in [2.24, 2.45) is 5.92 Å². The van der Waals surface area contributed by atoms with E-state index in [1.165, 1.54) is 31.2 Å². The molecule has 0 spiro atoms. The van der Waals surface area contributed by atoms with E-state index in [0.29, 0.717) is 0 Å². The molecule has 0 bridgehead atoms. The molecule has 1 saturated carbocycles. The molecule has 18 heavy (non-hydrogen) atoms. The van der Waals surface area contributed by atoms with Crippen LogP contribution in [0.3, 0.4) is 0 Å². The van der Waals surface area contributed by atoms with Crippen LogP contribution >= 0.6 is 15.9 Å². The molecule has 0 heterocycles. The summed E-state index contributed by atoms with van der Waals surface area (Å²) >= 11 is 3.59. The van der Waals surface area contributed by atoms with Gasteiger partial charge in [-0.1, -0.05) is 25.8 Å². The van der Waals surface area contributed by atoms with Crippen LogP contribution in [0.1, 0.15) is 38.2 Å². The Morgan fingerprint density at radius 2 is 2.22 bits per heavy atom. The van der Waals surface area contributed by atoms with Crippen molar-refractivity contribution in [3.8, 4) is 5.75 Å². The Morgan fingerprint density at radius 1 is 1.39 bits per heavy atom. The second kappa shape index (κ2) is 7.15. The highest BCUT2D eigenvalue weighted by molar-refractivity contribution is 9.10. The number of rotatable bonds is 8. The van der Waals surface area contributed by atoms with Crippen molar-refractivity contribution in [3.63, 3.8) is 0 Å². The van der Waals surface area contributed by atoms with Crippen LogP contribution in [-0.2, 0) is 6.54 Å². The first-order chi connectivity index (χ1) is 8.79. The lowest BCUT2D eigenvalue weighted by Gasteiger charge is -2.10. The molecular formula is C15H22BrNO. The Morgan fingerprint density at radius 3 is 2.89 bits per heavy atom. The van der Waals surface area contributed by atoms with Crippen molar-refractivity contribution in [1.82, 2.24) is 5.32 Å². The first-order valence-electron chi connectivity index (χ1n) is 6.91. The molecule has 3 heteroatoms. The molecule has 1 aliphatic carbocycles. The molecule has 1 aromatic rings. The summed E-state index contributed by atoms with van der Waals surface area (Å²) in [5.74, 6) is 1.90. The standard InChI is InChI=1S/C15H22BrNO/c1-2-8-17-11-13-5-6-15(14(16)10-13)18-9-7-12-3-4-12/h5-6,10,12,17H,2-4,7-9,11H2,1H3. The lowest BCUT2D eigenvalue weighted by Crippen LogP contribution is -2.13. The molecule has 100 valence electrons. The topological polar surface area (TPSA) is 21.3 Å². The van der Waals surface area contributed by atoms with Gasteiger partial charge in [0.05, 0.1) is 11.1 Å². The number of ether oxygens (including phenoxy) is 1. The predicted octanol–water partition coefficient (Wildman–Crippen LogP) is 4.13. The molecule has 0 unspecified atom stereocenters. The van der Waals surface area contributed by atoms with E-state index in [1.54, 1.807) is 0 Å². The molecule has 2 rings (SSSR count). The minimum Gasteiger partial charge on any atom is -0.492 e. The fraction of sp³-hybridized carbons (Fsp3) is 0.600. The largest absolute Gasteiger partial charge is 0.492 e. The average molecular weight is 312 g/mol. The number of nitrogens with one attached hydrogen (secondary N) is 1. The zero-order valence-electron chi connectivity index (χ0n) is 11.0. The maximum absolute atomic E-state index is 5.80. The first kappa shape index (κ1) is 13.9. The van der Waals surface area contributed by atoms with E-state index in [0.717, 1.165) is 35.8 Å². The van der Waals surface area contributed by atoms with Crippen molar-refractivity contribution in [1.29, 1.82) is 0 Å². The lowest BCUT2D eigenvalue weighted by molar-refractivity contribution is 0.300. The van der Waals surface area contributed by atoms with Gasteiger partial charge in [0.2, 0.25) is 0 Å². The van der Waals surface area contributed by atoms with Crippen LogP contribution in [0.25, 0.3) is 0 Å². The molecule has 0 aliphatic heterocycles. The Kier molecular flexibility index (Phi) is 5.51. The van der Waals surface area contributed by atoms with Crippen LogP contribution in [0.15, 0.2) is 22.7 Å². The van der Waals surface area contributed by atoms with Crippen molar-refractivity contribution in [2.75, 3.05) is 13.2 Å². The Bertz CT molecular complexity index is 377. The maximum Gasteiger partial charge on any atom is 0.133 e. The van der Waals surface area contributed by atoms with E-state index in [2.05, 4.69) is 46.4 Å². The molecule has 0 amide bonds. The van der Waals surface area contributed by atoms with Crippen molar-refractivity contribution in [3.05, 3.63) is 28.2 Å². The summed E-state index contributed by atoms with van der Waals surface area (Å²) in [6.07, 6.45) is 5.16. The van der Waals surface area contributed by atoms with Gasteiger partial charge in [-0.3, -0.25) is 0 Å². The van der Waals surface area contributed by atoms with Crippen LogP contribution < -0.4 is 10.1 Å². The van der Waals surface area contributed by atoms with Crippen LogP contribution in [0.5, 0.6) is 5.75 Å². The summed E-state index contributed by atoms with van der Waals surface area (Å²) in [5, 5.41) is 3.40. The first-order valence-corrected chi connectivity index (χ1v) is 7.71. The number of hydrogen-bond acceptors (Lipinski definition) is 2. The minimum atomic E-state index is 0.844. The molecule has 1 aliphatic rings. The van der Waals surface area contributed by atoms with Gasteiger partial charge in [-0.15, -0.1) is 0 Å². The Labute approximate surface area is 118 Å². The Balaban J connectivity index is 1.79. The highest BCUT2D eigenvalue weighted by Gasteiger charge is 2.20. The average Bonchev–Trinajstić information content (AvgIpc) is 3.16.